The molecular weight excluding hydrogens is 456 g/mol. The van der Waals surface area contributed by atoms with Gasteiger partial charge in [-0.3, -0.25) is 4.99 Å². The highest BCUT2D eigenvalue weighted by Gasteiger charge is 2.48. The van der Waals surface area contributed by atoms with Crippen LogP contribution in [0.15, 0.2) is 47.5 Å². The molecule has 2 aromatic carbocycles. The molecule has 0 bridgehead atoms. The van der Waals surface area contributed by atoms with E-state index in [4.69, 9.17) is 9.98 Å². The maximum absolute atomic E-state index is 5.15. The van der Waals surface area contributed by atoms with E-state index in [0.717, 1.165) is 49.1 Å². The minimum absolute atomic E-state index is 0.294. The zero-order valence-electron chi connectivity index (χ0n) is 21.1. The summed E-state index contributed by atoms with van der Waals surface area (Å²) in [5.74, 6) is 4.10. The van der Waals surface area contributed by atoms with E-state index in [2.05, 4.69) is 63.4 Å². The Balaban J connectivity index is 0.938. The Kier molecular flexibility index (Phi) is 4.42. The Hall–Kier alpha value is -2.96. The highest BCUT2D eigenvalue weighted by molar-refractivity contribution is 5.90. The fourth-order valence-electron chi connectivity index (χ4n) is 7.50. The van der Waals surface area contributed by atoms with E-state index in [1.165, 1.54) is 77.1 Å². The van der Waals surface area contributed by atoms with E-state index < -0.39 is 0 Å². The molecule has 0 spiro atoms. The molecule has 4 N–H and O–H groups in total. The van der Waals surface area contributed by atoms with Gasteiger partial charge in [0.25, 0.3) is 0 Å². The maximum atomic E-state index is 5.15. The van der Waals surface area contributed by atoms with E-state index >= 15 is 0 Å². The lowest BCUT2D eigenvalue weighted by Gasteiger charge is -2.17. The average molecular weight is 491 g/mol. The van der Waals surface area contributed by atoms with Crippen molar-refractivity contribution in [3.63, 3.8) is 0 Å². The molecule has 2 saturated heterocycles. The summed E-state index contributed by atoms with van der Waals surface area (Å²) >= 11 is 0. The van der Waals surface area contributed by atoms with Crippen LogP contribution in [-0.2, 0) is 12.8 Å². The molecule has 4 fully saturated rings. The van der Waals surface area contributed by atoms with Gasteiger partial charge in [0.1, 0.15) is 11.7 Å². The summed E-state index contributed by atoms with van der Waals surface area (Å²) in [6, 6.07) is 18.8. The Morgan fingerprint density at radius 2 is 1.54 bits per heavy atom. The number of fused-ring (bicyclic) bond motifs is 5. The number of imidazole rings is 1. The Labute approximate surface area is 217 Å². The minimum Gasteiger partial charge on any atom is -0.364 e. The molecule has 6 nitrogen and oxygen atoms in total. The number of H-pyrrole nitrogens is 1. The molecule has 37 heavy (non-hydrogen) atoms. The summed E-state index contributed by atoms with van der Waals surface area (Å²) in [5, 5.41) is 11.2. The summed E-state index contributed by atoms with van der Waals surface area (Å²) < 4.78 is 0. The lowest BCUT2D eigenvalue weighted by molar-refractivity contribution is 0.542. The minimum atomic E-state index is 0.294. The predicted molar refractivity (Wildman–Crippen MR) is 145 cm³/mol. The van der Waals surface area contributed by atoms with Crippen molar-refractivity contribution in [2.75, 3.05) is 6.54 Å². The quantitative estimate of drug-likeness (QED) is 0.436. The maximum Gasteiger partial charge on any atom is 0.124 e. The second-order valence-electron chi connectivity index (χ2n) is 12.3. The SMILES string of the molecule is c1cc(C2CN=C([C@@H]3CC4C[C@H]4N3)N2)ccc1-c1ccc2c(c1)CCCc1[nH]c([C@@H]3C[C@H]4C[C@H]4N3)nc1-2. The van der Waals surface area contributed by atoms with Crippen LogP contribution >= 0.6 is 0 Å². The molecule has 7 atom stereocenters. The summed E-state index contributed by atoms with van der Waals surface area (Å²) in [6.45, 7) is 0.840. The van der Waals surface area contributed by atoms with Crippen molar-refractivity contribution >= 4 is 5.84 Å². The summed E-state index contributed by atoms with van der Waals surface area (Å²) in [7, 11) is 0. The van der Waals surface area contributed by atoms with E-state index in [0.29, 0.717) is 18.1 Å². The number of benzene rings is 2. The molecule has 0 radical (unpaired) electrons. The van der Waals surface area contributed by atoms with Crippen LogP contribution in [0, 0.1) is 11.8 Å². The molecule has 3 aliphatic heterocycles. The molecule has 9 rings (SSSR count). The van der Waals surface area contributed by atoms with E-state index in [1.807, 2.05) is 0 Å². The first-order valence-corrected chi connectivity index (χ1v) is 14.4. The predicted octanol–water partition coefficient (Wildman–Crippen LogP) is 4.45. The fourth-order valence-corrected chi connectivity index (χ4v) is 7.50. The van der Waals surface area contributed by atoms with Crippen LogP contribution in [0.25, 0.3) is 22.4 Å². The molecule has 6 heteroatoms. The lowest BCUT2D eigenvalue weighted by atomic mass is 9.95. The van der Waals surface area contributed by atoms with Crippen molar-refractivity contribution < 1.29 is 0 Å². The molecule has 4 heterocycles. The number of rotatable bonds is 4. The second kappa shape index (κ2) is 7.78. The summed E-state index contributed by atoms with van der Waals surface area (Å²) in [5.41, 5.74) is 9.16. The van der Waals surface area contributed by atoms with Crippen molar-refractivity contribution in [3.8, 4) is 22.4 Å². The number of amidine groups is 1. The van der Waals surface area contributed by atoms with Gasteiger partial charge in [-0.25, -0.2) is 4.98 Å². The normalized spacial score (nSPS) is 34.6. The van der Waals surface area contributed by atoms with Crippen LogP contribution in [0.1, 0.15) is 66.8 Å². The standard InChI is InChI=1S/C31H34N6/c1-2-19-10-18(8-9-22(19)29-23(3-1)35-31(37-29)27-14-21-12-25(21)34-27)16-4-6-17(7-5-16)28-15-32-30(36-28)26-13-20-11-24(20)33-26/h4-10,20-21,24-28,33-34H,1-3,11-15H2,(H,32,36)(H,35,37)/t20?,21-,24-,25-,26+,27+,28?/m1/s1. The lowest BCUT2D eigenvalue weighted by Crippen LogP contribution is -2.40. The first kappa shape index (κ1) is 21.0. The number of aliphatic imine (C=N–C) groups is 1. The van der Waals surface area contributed by atoms with Gasteiger partial charge in [-0.2, -0.15) is 0 Å². The molecular formula is C31H34N6. The van der Waals surface area contributed by atoms with Crippen LogP contribution < -0.4 is 16.0 Å². The third-order valence-corrected chi connectivity index (χ3v) is 9.86. The smallest absolute Gasteiger partial charge is 0.124 e. The van der Waals surface area contributed by atoms with E-state index in [-0.39, 0.29) is 0 Å². The molecule has 2 saturated carbocycles. The largest absolute Gasteiger partial charge is 0.364 e. The van der Waals surface area contributed by atoms with Crippen molar-refractivity contribution in [2.24, 2.45) is 16.8 Å². The highest BCUT2D eigenvalue weighted by Crippen LogP contribution is 2.46. The van der Waals surface area contributed by atoms with Crippen molar-refractivity contribution in [2.45, 2.75) is 75.2 Å². The van der Waals surface area contributed by atoms with Crippen LogP contribution in [0.2, 0.25) is 0 Å². The zero-order chi connectivity index (χ0) is 24.1. The number of hydrogen-bond donors (Lipinski definition) is 4. The molecule has 2 unspecified atom stereocenters. The van der Waals surface area contributed by atoms with Gasteiger partial charge in [-0.15, -0.1) is 0 Å². The number of aromatic amines is 1. The van der Waals surface area contributed by atoms with Gasteiger partial charge in [0.15, 0.2) is 0 Å². The van der Waals surface area contributed by atoms with E-state index in [1.54, 1.807) is 0 Å². The van der Waals surface area contributed by atoms with Crippen LogP contribution in [0.5, 0.6) is 0 Å². The topological polar surface area (TPSA) is 77.1 Å². The van der Waals surface area contributed by atoms with Crippen LogP contribution in [0.4, 0.5) is 0 Å². The van der Waals surface area contributed by atoms with Crippen molar-refractivity contribution in [3.05, 3.63) is 65.1 Å². The Morgan fingerprint density at radius 1 is 0.757 bits per heavy atom. The van der Waals surface area contributed by atoms with Gasteiger partial charge in [-0.1, -0.05) is 42.5 Å². The number of hydrogen-bond acceptors (Lipinski definition) is 5. The monoisotopic (exact) mass is 490 g/mol. The third-order valence-electron chi connectivity index (χ3n) is 9.86. The number of piperidine rings is 2. The highest BCUT2D eigenvalue weighted by atomic mass is 15.2. The number of nitrogens with zero attached hydrogens (tertiary/aromatic N) is 2. The summed E-state index contributed by atoms with van der Waals surface area (Å²) in [6.07, 6.45) is 8.56. The molecule has 3 aliphatic carbocycles. The average Bonchev–Trinajstić information content (AvgIpc) is 3.52. The number of nitrogens with one attached hydrogen (secondary N) is 4. The van der Waals surface area contributed by atoms with E-state index in [9.17, 15) is 0 Å². The number of aryl methyl sites for hydroxylation is 2. The van der Waals surface area contributed by atoms with Crippen molar-refractivity contribution in [1.82, 2.24) is 25.9 Å². The Morgan fingerprint density at radius 3 is 2.32 bits per heavy atom. The first-order valence-electron chi connectivity index (χ1n) is 14.4. The van der Waals surface area contributed by atoms with Gasteiger partial charge in [0.05, 0.1) is 30.4 Å². The van der Waals surface area contributed by atoms with Gasteiger partial charge in [0, 0.05) is 23.3 Å². The number of aromatic nitrogens is 2. The summed E-state index contributed by atoms with van der Waals surface area (Å²) in [4.78, 5) is 13.7. The third kappa shape index (κ3) is 3.52. The molecule has 1 aromatic heterocycles. The molecule has 3 aromatic rings. The zero-order valence-corrected chi connectivity index (χ0v) is 21.1. The van der Waals surface area contributed by atoms with Gasteiger partial charge in [0.2, 0.25) is 0 Å². The van der Waals surface area contributed by atoms with Gasteiger partial charge < -0.3 is 20.9 Å². The van der Waals surface area contributed by atoms with Gasteiger partial charge >= 0.3 is 0 Å². The van der Waals surface area contributed by atoms with Crippen LogP contribution in [-0.4, -0.2) is 40.5 Å². The molecule has 0 amide bonds. The van der Waals surface area contributed by atoms with Crippen LogP contribution in [0.3, 0.4) is 0 Å². The van der Waals surface area contributed by atoms with Gasteiger partial charge in [-0.05, 0) is 79.0 Å². The first-order chi connectivity index (χ1) is 18.2. The second-order valence-corrected chi connectivity index (χ2v) is 12.3. The molecule has 6 aliphatic rings. The Bertz CT molecular complexity index is 1400. The molecule has 188 valence electrons. The fraction of sp³-hybridized carbons (Fsp3) is 0.484. The van der Waals surface area contributed by atoms with Crippen molar-refractivity contribution in [1.29, 1.82) is 0 Å².